The van der Waals surface area contributed by atoms with Gasteiger partial charge < -0.3 is 0 Å². The third-order valence-corrected chi connectivity index (χ3v) is 1.69. The quantitative estimate of drug-likeness (QED) is 0.507. The first-order valence-electron chi connectivity index (χ1n) is 4.13. The number of aromatic nitrogens is 1. The van der Waals surface area contributed by atoms with Crippen LogP contribution in [-0.2, 0) is 6.54 Å². The average Bonchev–Trinajstić information content (AvgIpc) is 2.19. The highest BCUT2D eigenvalue weighted by Gasteiger charge is 2.00. The summed E-state index contributed by atoms with van der Waals surface area (Å²) in [5.74, 6) is 0. The fourth-order valence-electron chi connectivity index (χ4n) is 1.07. The molecule has 0 radical (unpaired) electrons. The van der Waals surface area contributed by atoms with Crippen molar-refractivity contribution in [1.82, 2.24) is 0 Å². The van der Waals surface area contributed by atoms with Crippen molar-refractivity contribution in [2.24, 2.45) is 0 Å². The topological polar surface area (TPSA) is 51.5 Å². The van der Waals surface area contributed by atoms with Gasteiger partial charge in [0.1, 0.15) is 18.2 Å². The molecule has 64 valence electrons. The number of nitrogens with zero attached hydrogens (tertiary/aromatic N) is 3. The van der Waals surface area contributed by atoms with E-state index in [2.05, 4.69) is 12.1 Å². The monoisotopic (exact) mass is 172 g/mol. The van der Waals surface area contributed by atoms with Gasteiger partial charge in [0.15, 0.2) is 12.4 Å². The fourth-order valence-corrected chi connectivity index (χ4v) is 1.07. The molecule has 0 aliphatic carbocycles. The molecule has 1 heterocycles. The highest BCUT2D eigenvalue weighted by Crippen LogP contribution is 1.92. The van der Waals surface area contributed by atoms with Crippen molar-refractivity contribution in [1.29, 1.82) is 10.5 Å². The minimum atomic E-state index is 0.559. The lowest BCUT2D eigenvalue weighted by Crippen LogP contribution is -2.32. The molecule has 0 aliphatic heterocycles. The molecule has 3 nitrogen and oxygen atoms in total. The summed E-state index contributed by atoms with van der Waals surface area (Å²) in [7, 11) is 0. The second kappa shape index (κ2) is 4.90. The van der Waals surface area contributed by atoms with Gasteiger partial charge in [0.25, 0.3) is 0 Å². The van der Waals surface area contributed by atoms with Crippen molar-refractivity contribution in [2.45, 2.75) is 19.4 Å². The van der Waals surface area contributed by atoms with Gasteiger partial charge in [0.05, 0.1) is 6.07 Å². The fraction of sp³-hybridized carbons (Fsp3) is 0.300. The van der Waals surface area contributed by atoms with Crippen LogP contribution >= 0.6 is 0 Å². The molecule has 0 N–H and O–H groups in total. The van der Waals surface area contributed by atoms with Crippen LogP contribution in [-0.4, -0.2) is 0 Å². The molecule has 0 fully saturated rings. The molecular formula is C10H10N3+. The van der Waals surface area contributed by atoms with Crippen LogP contribution in [0.15, 0.2) is 24.5 Å². The zero-order valence-corrected chi connectivity index (χ0v) is 7.27. The molecule has 0 bridgehead atoms. The smallest absolute Gasteiger partial charge is 0.186 e. The number of rotatable bonds is 3. The zero-order valence-electron chi connectivity index (χ0n) is 7.27. The molecule has 3 heteroatoms. The summed E-state index contributed by atoms with van der Waals surface area (Å²) in [4.78, 5) is 0. The Balaban J connectivity index is 2.59. The Hall–Kier alpha value is -1.87. The first-order chi connectivity index (χ1) is 6.36. The van der Waals surface area contributed by atoms with Crippen LogP contribution in [0.2, 0.25) is 0 Å². The Kier molecular flexibility index (Phi) is 3.47. The van der Waals surface area contributed by atoms with E-state index >= 15 is 0 Å². The van der Waals surface area contributed by atoms with Crippen LogP contribution in [0.3, 0.4) is 0 Å². The van der Waals surface area contributed by atoms with Gasteiger partial charge in [-0.2, -0.15) is 10.5 Å². The number of hydrogen-bond acceptors (Lipinski definition) is 2. The molecule has 0 atom stereocenters. The minimum absolute atomic E-state index is 0.559. The highest BCUT2D eigenvalue weighted by molar-refractivity contribution is 5.21. The molecular weight excluding hydrogens is 162 g/mol. The van der Waals surface area contributed by atoms with Crippen LogP contribution in [0.25, 0.3) is 0 Å². The minimum Gasteiger partial charge on any atom is -0.204 e. The van der Waals surface area contributed by atoms with E-state index in [1.54, 1.807) is 12.3 Å². The lowest BCUT2D eigenvalue weighted by atomic mass is 10.3. The van der Waals surface area contributed by atoms with E-state index < -0.39 is 0 Å². The summed E-state index contributed by atoms with van der Waals surface area (Å²) in [6.07, 6.45) is 5.08. The van der Waals surface area contributed by atoms with Crippen LogP contribution in [0.4, 0.5) is 0 Å². The van der Waals surface area contributed by atoms with Crippen molar-refractivity contribution >= 4 is 0 Å². The first-order valence-corrected chi connectivity index (χ1v) is 4.13. The summed E-state index contributed by atoms with van der Waals surface area (Å²) in [6.45, 7) is 0.795. The molecule has 0 aromatic carbocycles. The second-order valence-electron chi connectivity index (χ2n) is 2.70. The van der Waals surface area contributed by atoms with E-state index in [1.165, 1.54) is 0 Å². The average molecular weight is 172 g/mol. The van der Waals surface area contributed by atoms with Crippen molar-refractivity contribution in [2.75, 3.05) is 0 Å². The zero-order chi connectivity index (χ0) is 9.52. The molecule has 1 rings (SSSR count). The molecule has 0 unspecified atom stereocenters. The first kappa shape index (κ1) is 9.22. The Morgan fingerprint density at radius 2 is 2.23 bits per heavy atom. The van der Waals surface area contributed by atoms with Crippen molar-refractivity contribution in [3.05, 3.63) is 30.1 Å². The molecule has 0 spiro atoms. The largest absolute Gasteiger partial charge is 0.204 e. The van der Waals surface area contributed by atoms with E-state index in [1.807, 2.05) is 16.8 Å². The lowest BCUT2D eigenvalue weighted by Gasteiger charge is -1.93. The molecule has 1 aromatic heterocycles. The number of hydrogen-bond donors (Lipinski definition) is 0. The molecule has 13 heavy (non-hydrogen) atoms. The Morgan fingerprint density at radius 3 is 2.92 bits per heavy atom. The van der Waals surface area contributed by atoms with Crippen molar-refractivity contribution in [3.63, 3.8) is 0 Å². The van der Waals surface area contributed by atoms with Gasteiger partial charge >= 0.3 is 0 Å². The number of nitriles is 2. The maximum Gasteiger partial charge on any atom is 0.186 e. The predicted octanol–water partition coefficient (Wildman–Crippen LogP) is 1.15. The van der Waals surface area contributed by atoms with Gasteiger partial charge in [0, 0.05) is 18.9 Å². The summed E-state index contributed by atoms with van der Waals surface area (Å²) >= 11 is 0. The SMILES string of the molecule is N#CCCC[n+]1cccc(C#N)c1. The van der Waals surface area contributed by atoms with E-state index in [9.17, 15) is 0 Å². The number of aryl methyl sites for hydroxylation is 1. The van der Waals surface area contributed by atoms with Crippen LogP contribution < -0.4 is 4.57 Å². The van der Waals surface area contributed by atoms with E-state index in [0.29, 0.717) is 12.0 Å². The summed E-state index contributed by atoms with van der Waals surface area (Å²) in [5.41, 5.74) is 0.652. The van der Waals surface area contributed by atoms with E-state index in [4.69, 9.17) is 10.5 Å². The molecule has 0 saturated carbocycles. The van der Waals surface area contributed by atoms with E-state index in [0.717, 1.165) is 13.0 Å². The number of pyridine rings is 1. The highest BCUT2D eigenvalue weighted by atomic mass is 14.9. The van der Waals surface area contributed by atoms with Crippen LogP contribution in [0.1, 0.15) is 18.4 Å². The maximum atomic E-state index is 8.62. The third kappa shape index (κ3) is 2.92. The second-order valence-corrected chi connectivity index (χ2v) is 2.70. The lowest BCUT2D eigenvalue weighted by molar-refractivity contribution is -0.697. The van der Waals surface area contributed by atoms with Crippen LogP contribution in [0.5, 0.6) is 0 Å². The molecule has 0 aliphatic rings. The molecule has 0 saturated heterocycles. The molecule has 0 amide bonds. The Bertz CT molecular complexity index is 357. The van der Waals surface area contributed by atoms with Gasteiger partial charge in [0.2, 0.25) is 0 Å². The summed E-state index contributed by atoms with van der Waals surface area (Å²) in [6, 6.07) is 7.76. The standard InChI is InChI=1S/C10H10N3/c11-5-1-2-6-13-7-3-4-10(8-12)9-13/h3-4,7,9H,1-2,6H2/q+1. The Labute approximate surface area is 77.5 Å². The van der Waals surface area contributed by atoms with Crippen LogP contribution in [0, 0.1) is 22.7 Å². The Morgan fingerprint density at radius 1 is 1.38 bits per heavy atom. The predicted molar refractivity (Wildman–Crippen MR) is 46.2 cm³/mol. The van der Waals surface area contributed by atoms with Gasteiger partial charge in [-0.25, -0.2) is 4.57 Å². The number of unbranched alkanes of at least 4 members (excludes halogenated alkanes) is 1. The third-order valence-electron chi connectivity index (χ3n) is 1.69. The van der Waals surface area contributed by atoms with Gasteiger partial charge in [-0.05, 0) is 6.07 Å². The van der Waals surface area contributed by atoms with Gasteiger partial charge in [-0.15, -0.1) is 0 Å². The normalized spacial score (nSPS) is 8.77. The maximum absolute atomic E-state index is 8.62. The van der Waals surface area contributed by atoms with Gasteiger partial charge in [-0.1, -0.05) is 0 Å². The molecule has 1 aromatic rings. The van der Waals surface area contributed by atoms with E-state index in [-0.39, 0.29) is 0 Å². The summed E-state index contributed by atoms with van der Waals surface area (Å²) in [5, 5.41) is 17.0. The van der Waals surface area contributed by atoms with Crippen molar-refractivity contribution < 1.29 is 4.57 Å². The van der Waals surface area contributed by atoms with Gasteiger partial charge in [-0.3, -0.25) is 0 Å². The summed E-state index contributed by atoms with van der Waals surface area (Å²) < 4.78 is 1.93. The van der Waals surface area contributed by atoms with Crippen molar-refractivity contribution in [3.8, 4) is 12.1 Å².